The highest BCUT2D eigenvalue weighted by atomic mass is 16.4. The number of imide groups is 1. The van der Waals surface area contributed by atoms with Gasteiger partial charge in [0.05, 0.1) is 12.0 Å². The molecule has 1 heterocycles. The van der Waals surface area contributed by atoms with Crippen LogP contribution in [-0.4, -0.2) is 47.4 Å². The van der Waals surface area contributed by atoms with Crippen molar-refractivity contribution >= 4 is 17.8 Å². The number of likely N-dealkylation sites (tertiary alicyclic amines) is 1. The largest absolute Gasteiger partial charge is 0.481 e. The molecule has 1 fully saturated rings. The average molecular weight is 290 g/mol. The fourth-order valence-electron chi connectivity index (χ4n) is 2.40. The Hall–Kier alpha value is -2.21. The average Bonchev–Trinajstić information content (AvgIpc) is 2.48. The maximum absolute atomic E-state index is 11.9. The lowest BCUT2D eigenvalue weighted by molar-refractivity contribution is -0.148. The first kappa shape index (κ1) is 15.2. The quantitative estimate of drug-likeness (QED) is 0.775. The number of benzene rings is 1. The van der Waals surface area contributed by atoms with Gasteiger partial charge in [0.2, 0.25) is 11.8 Å². The molecule has 1 aliphatic rings. The molecular weight excluding hydrogens is 272 g/mol. The standard InChI is InChI=1S/C15H18N2O4/c1-17-13(18)8-7-12(14(17)19)16-9-11(15(20)21)10-5-3-2-4-6-10/h2-6,11-12,16H,7-9H2,1H3,(H,20,21). The monoisotopic (exact) mass is 290 g/mol. The summed E-state index contributed by atoms with van der Waals surface area (Å²) in [4.78, 5) is 35.8. The molecule has 0 radical (unpaired) electrons. The Balaban J connectivity index is 2.01. The molecule has 0 spiro atoms. The summed E-state index contributed by atoms with van der Waals surface area (Å²) in [6.45, 7) is 0.151. The van der Waals surface area contributed by atoms with Crippen molar-refractivity contribution in [3.05, 3.63) is 35.9 Å². The molecule has 2 rings (SSSR count). The number of nitrogens with zero attached hydrogens (tertiary/aromatic N) is 1. The summed E-state index contributed by atoms with van der Waals surface area (Å²) in [7, 11) is 1.45. The van der Waals surface area contributed by atoms with Gasteiger partial charge in [0.25, 0.3) is 0 Å². The van der Waals surface area contributed by atoms with Crippen molar-refractivity contribution in [2.75, 3.05) is 13.6 Å². The Morgan fingerprint density at radius 1 is 1.38 bits per heavy atom. The van der Waals surface area contributed by atoms with Crippen LogP contribution < -0.4 is 5.32 Å². The lowest BCUT2D eigenvalue weighted by Gasteiger charge is -2.29. The van der Waals surface area contributed by atoms with Gasteiger partial charge in [-0.3, -0.25) is 19.3 Å². The molecule has 2 unspecified atom stereocenters. The molecule has 0 saturated carbocycles. The van der Waals surface area contributed by atoms with Crippen LogP contribution in [0.3, 0.4) is 0 Å². The number of hydrogen-bond acceptors (Lipinski definition) is 4. The highest BCUT2D eigenvalue weighted by molar-refractivity contribution is 6.00. The molecule has 21 heavy (non-hydrogen) atoms. The zero-order chi connectivity index (χ0) is 15.4. The smallest absolute Gasteiger partial charge is 0.312 e. The maximum Gasteiger partial charge on any atom is 0.312 e. The number of carbonyl (C=O) groups excluding carboxylic acids is 2. The predicted octanol–water partition coefficient (Wildman–Crippen LogP) is 0.592. The summed E-state index contributed by atoms with van der Waals surface area (Å²) in [6, 6.07) is 8.38. The summed E-state index contributed by atoms with van der Waals surface area (Å²) in [6.07, 6.45) is 0.701. The number of hydrogen-bond donors (Lipinski definition) is 2. The molecule has 6 heteroatoms. The Kier molecular flexibility index (Phi) is 4.70. The van der Waals surface area contributed by atoms with E-state index in [-0.39, 0.29) is 18.4 Å². The number of aliphatic carboxylic acids is 1. The normalized spacial score (nSPS) is 20.4. The minimum atomic E-state index is -0.943. The first-order chi connectivity index (χ1) is 10.0. The van der Waals surface area contributed by atoms with E-state index in [2.05, 4.69) is 5.32 Å². The van der Waals surface area contributed by atoms with Gasteiger partial charge < -0.3 is 10.4 Å². The second-order valence-electron chi connectivity index (χ2n) is 5.09. The van der Waals surface area contributed by atoms with E-state index in [0.29, 0.717) is 18.4 Å². The molecule has 1 aliphatic heterocycles. The van der Waals surface area contributed by atoms with Crippen molar-refractivity contribution in [3.63, 3.8) is 0 Å². The zero-order valence-electron chi connectivity index (χ0n) is 11.8. The van der Waals surface area contributed by atoms with E-state index < -0.39 is 17.9 Å². The molecule has 2 N–H and O–H groups in total. The number of piperidine rings is 1. The van der Waals surface area contributed by atoms with Crippen LogP contribution in [0.15, 0.2) is 30.3 Å². The van der Waals surface area contributed by atoms with Crippen molar-refractivity contribution in [2.45, 2.75) is 24.8 Å². The summed E-state index contributed by atoms with van der Waals surface area (Å²) in [5.74, 6) is -2.16. The van der Waals surface area contributed by atoms with E-state index in [1.807, 2.05) is 6.07 Å². The van der Waals surface area contributed by atoms with Gasteiger partial charge in [-0.1, -0.05) is 30.3 Å². The summed E-state index contributed by atoms with van der Waals surface area (Å²) in [5.41, 5.74) is 0.685. The molecule has 0 aromatic heterocycles. The number of rotatable bonds is 5. The molecule has 0 bridgehead atoms. The van der Waals surface area contributed by atoms with Crippen molar-refractivity contribution in [1.82, 2.24) is 10.2 Å². The Morgan fingerprint density at radius 3 is 2.67 bits per heavy atom. The van der Waals surface area contributed by atoms with Gasteiger partial charge in [-0.05, 0) is 12.0 Å². The molecular formula is C15H18N2O4. The third-order valence-corrected chi connectivity index (χ3v) is 3.72. The van der Waals surface area contributed by atoms with Gasteiger partial charge in [-0.15, -0.1) is 0 Å². The third-order valence-electron chi connectivity index (χ3n) is 3.72. The fourth-order valence-corrected chi connectivity index (χ4v) is 2.40. The van der Waals surface area contributed by atoms with Gasteiger partial charge >= 0.3 is 5.97 Å². The number of likely N-dealkylation sites (N-methyl/N-ethyl adjacent to an activating group) is 1. The maximum atomic E-state index is 11.9. The fraction of sp³-hybridized carbons (Fsp3) is 0.400. The Labute approximate surface area is 122 Å². The zero-order valence-corrected chi connectivity index (χ0v) is 11.8. The highest BCUT2D eigenvalue weighted by Crippen LogP contribution is 2.17. The molecule has 1 aromatic carbocycles. The number of carbonyl (C=O) groups is 3. The van der Waals surface area contributed by atoms with Crippen molar-refractivity contribution in [1.29, 1.82) is 0 Å². The van der Waals surface area contributed by atoms with Crippen LogP contribution in [0, 0.1) is 0 Å². The van der Waals surface area contributed by atoms with Crippen LogP contribution in [0.2, 0.25) is 0 Å². The molecule has 0 aliphatic carbocycles. The molecule has 2 atom stereocenters. The topological polar surface area (TPSA) is 86.7 Å². The van der Waals surface area contributed by atoms with E-state index >= 15 is 0 Å². The van der Waals surface area contributed by atoms with Crippen molar-refractivity contribution < 1.29 is 19.5 Å². The van der Waals surface area contributed by atoms with Gasteiger partial charge in [0.1, 0.15) is 0 Å². The highest BCUT2D eigenvalue weighted by Gasteiger charge is 2.32. The number of amides is 2. The first-order valence-corrected chi connectivity index (χ1v) is 6.82. The Morgan fingerprint density at radius 2 is 2.05 bits per heavy atom. The van der Waals surface area contributed by atoms with Crippen LogP contribution in [0.4, 0.5) is 0 Å². The van der Waals surface area contributed by atoms with Crippen LogP contribution in [0.5, 0.6) is 0 Å². The number of carboxylic acids is 1. The van der Waals surface area contributed by atoms with Crippen LogP contribution >= 0.6 is 0 Å². The Bertz CT molecular complexity index is 544. The van der Waals surface area contributed by atoms with E-state index in [9.17, 15) is 19.5 Å². The van der Waals surface area contributed by atoms with E-state index in [1.54, 1.807) is 24.3 Å². The van der Waals surface area contributed by atoms with Gasteiger partial charge in [-0.25, -0.2) is 0 Å². The lowest BCUT2D eigenvalue weighted by atomic mass is 9.97. The molecule has 112 valence electrons. The molecule has 1 saturated heterocycles. The molecule has 6 nitrogen and oxygen atoms in total. The number of nitrogens with one attached hydrogen (secondary N) is 1. The minimum absolute atomic E-state index is 0.151. The van der Waals surface area contributed by atoms with Crippen molar-refractivity contribution in [3.8, 4) is 0 Å². The molecule has 2 amide bonds. The van der Waals surface area contributed by atoms with E-state index in [1.165, 1.54) is 7.05 Å². The predicted molar refractivity (Wildman–Crippen MR) is 75.6 cm³/mol. The van der Waals surface area contributed by atoms with Gasteiger partial charge in [-0.2, -0.15) is 0 Å². The van der Waals surface area contributed by atoms with E-state index in [4.69, 9.17) is 0 Å². The van der Waals surface area contributed by atoms with Crippen LogP contribution in [-0.2, 0) is 14.4 Å². The van der Waals surface area contributed by atoms with Gasteiger partial charge in [0.15, 0.2) is 0 Å². The lowest BCUT2D eigenvalue weighted by Crippen LogP contribution is -2.52. The minimum Gasteiger partial charge on any atom is -0.481 e. The van der Waals surface area contributed by atoms with Crippen molar-refractivity contribution in [2.24, 2.45) is 0 Å². The summed E-state index contributed by atoms with van der Waals surface area (Å²) in [5, 5.41) is 12.3. The van der Waals surface area contributed by atoms with Crippen LogP contribution in [0.1, 0.15) is 24.3 Å². The molecule has 1 aromatic rings. The first-order valence-electron chi connectivity index (χ1n) is 6.82. The van der Waals surface area contributed by atoms with Gasteiger partial charge in [0, 0.05) is 20.0 Å². The number of carboxylic acid groups (broad SMARTS) is 1. The van der Waals surface area contributed by atoms with E-state index in [0.717, 1.165) is 4.90 Å². The SMILES string of the molecule is CN1C(=O)CCC(NCC(C(=O)O)c2ccccc2)C1=O. The summed E-state index contributed by atoms with van der Waals surface area (Å²) >= 11 is 0. The third kappa shape index (κ3) is 3.46. The second-order valence-corrected chi connectivity index (χ2v) is 5.09. The summed E-state index contributed by atoms with van der Waals surface area (Å²) < 4.78 is 0. The second kappa shape index (κ2) is 6.49. The van der Waals surface area contributed by atoms with Crippen LogP contribution in [0.25, 0.3) is 0 Å².